The van der Waals surface area contributed by atoms with Crippen molar-refractivity contribution in [3.05, 3.63) is 36.3 Å². The molecule has 0 bridgehead atoms. The van der Waals surface area contributed by atoms with Crippen molar-refractivity contribution in [1.82, 2.24) is 14.7 Å². The van der Waals surface area contributed by atoms with E-state index in [0.717, 1.165) is 37.0 Å². The van der Waals surface area contributed by atoms with Gasteiger partial charge in [-0.05, 0) is 25.0 Å². The van der Waals surface area contributed by atoms with Crippen molar-refractivity contribution in [2.24, 2.45) is 0 Å². The number of pyridine rings is 1. The monoisotopic (exact) mass is 273 g/mol. The summed E-state index contributed by atoms with van der Waals surface area (Å²) >= 11 is 0. The van der Waals surface area contributed by atoms with E-state index in [2.05, 4.69) is 10.3 Å². The summed E-state index contributed by atoms with van der Waals surface area (Å²) in [6, 6.07) is 5.76. The lowest BCUT2D eigenvalue weighted by Gasteiger charge is -2.27. The molecule has 1 aliphatic carbocycles. The third kappa shape index (κ3) is 2.54. The second-order valence-corrected chi connectivity index (χ2v) is 5.57. The second kappa shape index (κ2) is 5.25. The van der Waals surface area contributed by atoms with E-state index >= 15 is 0 Å². The fourth-order valence-corrected chi connectivity index (χ4v) is 2.95. The number of rotatable bonds is 4. The number of amides is 1. The molecule has 0 saturated heterocycles. The second-order valence-electron chi connectivity index (χ2n) is 5.57. The molecule has 3 rings (SSSR count). The number of nitrogens with one attached hydrogen (secondary N) is 1. The van der Waals surface area contributed by atoms with Crippen molar-refractivity contribution in [3.8, 4) is 0 Å². The van der Waals surface area contributed by atoms with Crippen LogP contribution in [0.2, 0.25) is 0 Å². The molecule has 1 aliphatic rings. The van der Waals surface area contributed by atoms with Crippen LogP contribution in [-0.4, -0.2) is 32.5 Å². The minimum atomic E-state index is -0.407. The van der Waals surface area contributed by atoms with E-state index in [-0.39, 0.29) is 18.9 Å². The Labute approximate surface area is 117 Å². The van der Waals surface area contributed by atoms with Gasteiger partial charge in [-0.1, -0.05) is 18.9 Å². The van der Waals surface area contributed by atoms with Crippen LogP contribution in [0, 0.1) is 0 Å². The van der Waals surface area contributed by atoms with Crippen LogP contribution in [0.5, 0.6) is 0 Å². The maximum absolute atomic E-state index is 12.1. The van der Waals surface area contributed by atoms with Crippen LogP contribution in [0.25, 0.3) is 5.65 Å². The number of carbonyl (C=O) groups excluding carboxylic acids is 1. The number of hydrogen-bond donors (Lipinski definition) is 2. The number of nitrogens with zero attached hydrogens (tertiary/aromatic N) is 2. The lowest BCUT2D eigenvalue weighted by Crippen LogP contribution is -2.49. The molecular weight excluding hydrogens is 254 g/mol. The van der Waals surface area contributed by atoms with Gasteiger partial charge in [-0.15, -0.1) is 0 Å². The van der Waals surface area contributed by atoms with E-state index in [9.17, 15) is 9.90 Å². The van der Waals surface area contributed by atoms with Gasteiger partial charge in [0.25, 0.3) is 0 Å². The number of hydrogen-bond acceptors (Lipinski definition) is 3. The van der Waals surface area contributed by atoms with Gasteiger partial charge in [-0.2, -0.15) is 0 Å². The standard InChI is InChI=1S/C15H19N3O2/c19-11-15(6-2-3-7-15)17-14(20)9-12-10-18-8-4-1-5-13(18)16-12/h1,4-5,8,10,19H,2-3,6-7,9,11H2,(H,17,20). The quantitative estimate of drug-likeness (QED) is 0.882. The molecule has 2 aromatic heterocycles. The Kier molecular flexibility index (Phi) is 3.44. The summed E-state index contributed by atoms with van der Waals surface area (Å²) in [4.78, 5) is 16.6. The molecule has 0 radical (unpaired) electrons. The Morgan fingerprint density at radius 3 is 2.90 bits per heavy atom. The van der Waals surface area contributed by atoms with E-state index in [1.807, 2.05) is 35.0 Å². The number of aliphatic hydroxyl groups is 1. The molecule has 2 aromatic rings. The van der Waals surface area contributed by atoms with Crippen LogP contribution >= 0.6 is 0 Å². The predicted molar refractivity (Wildman–Crippen MR) is 75.3 cm³/mol. The predicted octanol–water partition coefficient (Wildman–Crippen LogP) is 1.30. The van der Waals surface area contributed by atoms with E-state index < -0.39 is 5.54 Å². The van der Waals surface area contributed by atoms with Crippen LogP contribution in [0.1, 0.15) is 31.4 Å². The first kappa shape index (κ1) is 13.1. The Hall–Kier alpha value is -1.88. The van der Waals surface area contributed by atoms with Crippen molar-refractivity contribution in [2.45, 2.75) is 37.6 Å². The molecule has 2 N–H and O–H groups in total. The molecule has 0 atom stereocenters. The molecule has 2 heterocycles. The highest BCUT2D eigenvalue weighted by Gasteiger charge is 2.34. The van der Waals surface area contributed by atoms with Gasteiger partial charge in [0.1, 0.15) is 5.65 Å². The van der Waals surface area contributed by atoms with Crippen molar-refractivity contribution in [3.63, 3.8) is 0 Å². The third-order valence-electron chi connectivity index (χ3n) is 4.02. The molecule has 5 heteroatoms. The number of aliphatic hydroxyl groups excluding tert-OH is 1. The van der Waals surface area contributed by atoms with Crippen LogP contribution < -0.4 is 5.32 Å². The van der Waals surface area contributed by atoms with Crippen LogP contribution in [0.4, 0.5) is 0 Å². The molecule has 0 spiro atoms. The average Bonchev–Trinajstić information content (AvgIpc) is 3.05. The van der Waals surface area contributed by atoms with Gasteiger partial charge in [0.2, 0.25) is 5.91 Å². The lowest BCUT2D eigenvalue weighted by molar-refractivity contribution is -0.123. The zero-order chi connectivity index (χ0) is 14.0. The fourth-order valence-electron chi connectivity index (χ4n) is 2.95. The topological polar surface area (TPSA) is 66.6 Å². The zero-order valence-corrected chi connectivity index (χ0v) is 11.4. The van der Waals surface area contributed by atoms with Crippen molar-refractivity contribution in [2.75, 3.05) is 6.61 Å². The summed E-state index contributed by atoms with van der Waals surface area (Å²) in [5.74, 6) is -0.0654. The normalized spacial score (nSPS) is 17.4. The van der Waals surface area contributed by atoms with Gasteiger partial charge in [0, 0.05) is 12.4 Å². The van der Waals surface area contributed by atoms with Gasteiger partial charge in [-0.25, -0.2) is 4.98 Å². The third-order valence-corrected chi connectivity index (χ3v) is 4.02. The molecule has 0 aromatic carbocycles. The highest BCUT2D eigenvalue weighted by atomic mass is 16.3. The molecule has 0 aliphatic heterocycles. The van der Waals surface area contributed by atoms with E-state index in [4.69, 9.17) is 0 Å². The molecule has 1 fully saturated rings. The largest absolute Gasteiger partial charge is 0.394 e. The van der Waals surface area contributed by atoms with Gasteiger partial charge in [0.15, 0.2) is 0 Å². The van der Waals surface area contributed by atoms with E-state index in [1.165, 1.54) is 0 Å². The SMILES string of the molecule is O=C(Cc1cn2ccccc2n1)NC1(CO)CCCC1. The van der Waals surface area contributed by atoms with E-state index in [1.54, 1.807) is 0 Å². The first-order chi connectivity index (χ1) is 9.71. The number of fused-ring (bicyclic) bond motifs is 1. The maximum Gasteiger partial charge on any atom is 0.226 e. The minimum absolute atomic E-state index is 0.0178. The van der Waals surface area contributed by atoms with Gasteiger partial charge in [-0.3, -0.25) is 4.79 Å². The van der Waals surface area contributed by atoms with Gasteiger partial charge in [0.05, 0.1) is 24.3 Å². The molecule has 1 amide bonds. The molecule has 5 nitrogen and oxygen atoms in total. The summed E-state index contributed by atoms with van der Waals surface area (Å²) in [7, 11) is 0. The zero-order valence-electron chi connectivity index (χ0n) is 11.4. The molecular formula is C15H19N3O2. The highest BCUT2D eigenvalue weighted by molar-refractivity contribution is 5.79. The molecule has 20 heavy (non-hydrogen) atoms. The Balaban J connectivity index is 1.69. The number of imidazole rings is 1. The van der Waals surface area contributed by atoms with Crippen molar-refractivity contribution < 1.29 is 9.90 Å². The molecule has 106 valence electrons. The lowest BCUT2D eigenvalue weighted by atomic mass is 9.98. The summed E-state index contributed by atoms with van der Waals surface area (Å²) in [5, 5.41) is 12.5. The smallest absolute Gasteiger partial charge is 0.226 e. The van der Waals surface area contributed by atoms with Gasteiger partial charge < -0.3 is 14.8 Å². The fraction of sp³-hybridized carbons (Fsp3) is 0.467. The van der Waals surface area contributed by atoms with Crippen LogP contribution in [0.15, 0.2) is 30.6 Å². The Bertz CT molecular complexity index is 581. The first-order valence-corrected chi connectivity index (χ1v) is 7.05. The van der Waals surface area contributed by atoms with E-state index in [0.29, 0.717) is 0 Å². The minimum Gasteiger partial charge on any atom is -0.394 e. The summed E-state index contributed by atoms with van der Waals surface area (Å²) in [6.07, 6.45) is 7.89. The highest BCUT2D eigenvalue weighted by Crippen LogP contribution is 2.29. The summed E-state index contributed by atoms with van der Waals surface area (Å²) < 4.78 is 1.90. The van der Waals surface area contributed by atoms with Crippen molar-refractivity contribution in [1.29, 1.82) is 0 Å². The Morgan fingerprint density at radius 1 is 1.40 bits per heavy atom. The van der Waals surface area contributed by atoms with Gasteiger partial charge >= 0.3 is 0 Å². The maximum atomic E-state index is 12.1. The summed E-state index contributed by atoms with van der Waals surface area (Å²) in [5.41, 5.74) is 1.18. The number of carbonyl (C=O) groups is 1. The van der Waals surface area contributed by atoms with Crippen molar-refractivity contribution >= 4 is 11.6 Å². The summed E-state index contributed by atoms with van der Waals surface area (Å²) in [6.45, 7) is 0.0178. The number of aromatic nitrogens is 2. The Morgan fingerprint density at radius 2 is 2.20 bits per heavy atom. The molecule has 0 unspecified atom stereocenters. The van der Waals surface area contributed by atoms with Crippen LogP contribution in [-0.2, 0) is 11.2 Å². The van der Waals surface area contributed by atoms with Crippen LogP contribution in [0.3, 0.4) is 0 Å². The first-order valence-electron chi connectivity index (χ1n) is 7.05. The average molecular weight is 273 g/mol. The molecule has 1 saturated carbocycles.